The van der Waals surface area contributed by atoms with Crippen molar-refractivity contribution in [2.45, 2.75) is 40.2 Å². The van der Waals surface area contributed by atoms with Crippen molar-refractivity contribution >= 4 is 40.5 Å². The van der Waals surface area contributed by atoms with Crippen LogP contribution in [0.25, 0.3) is 0 Å². The molecule has 1 heterocycles. The molecule has 2 N–H and O–H groups in total. The van der Waals surface area contributed by atoms with Crippen LogP contribution in [0.15, 0.2) is 30.3 Å². The number of carbonyl (C=O) groups is 3. The van der Waals surface area contributed by atoms with Crippen molar-refractivity contribution in [1.82, 2.24) is 0 Å². The summed E-state index contributed by atoms with van der Waals surface area (Å²) in [5, 5.41) is 5.33. The molecule has 0 radical (unpaired) electrons. The predicted octanol–water partition coefficient (Wildman–Crippen LogP) is 3.76. The monoisotopic (exact) mass is 374 g/mol. The molecule has 0 aliphatic heterocycles. The Bertz CT molecular complexity index is 811. The van der Waals surface area contributed by atoms with Gasteiger partial charge in [-0.05, 0) is 56.2 Å². The molecule has 2 amide bonds. The highest BCUT2D eigenvalue weighted by molar-refractivity contribution is 7.14. The van der Waals surface area contributed by atoms with Crippen molar-refractivity contribution in [3.05, 3.63) is 45.6 Å². The Balaban J connectivity index is 1.94. The molecule has 0 fully saturated rings. The minimum Gasteiger partial charge on any atom is -0.448 e. The summed E-state index contributed by atoms with van der Waals surface area (Å²) in [5.74, 6) is -1.09. The molecule has 138 valence electrons. The Morgan fingerprint density at radius 2 is 1.69 bits per heavy atom. The van der Waals surface area contributed by atoms with Crippen molar-refractivity contribution in [1.29, 1.82) is 0 Å². The zero-order chi connectivity index (χ0) is 19.3. The third-order valence-corrected chi connectivity index (χ3v) is 5.03. The van der Waals surface area contributed by atoms with Gasteiger partial charge in [-0.25, -0.2) is 4.79 Å². The molecule has 2 aromatic rings. The number of benzene rings is 1. The number of hydrogen-bond acceptors (Lipinski definition) is 5. The molecule has 1 atom stereocenters. The molecule has 0 saturated heterocycles. The van der Waals surface area contributed by atoms with Gasteiger partial charge in [0.25, 0.3) is 5.91 Å². The summed E-state index contributed by atoms with van der Waals surface area (Å²) in [7, 11) is 0. The van der Waals surface area contributed by atoms with Crippen LogP contribution in [0.2, 0.25) is 0 Å². The van der Waals surface area contributed by atoms with Gasteiger partial charge in [-0.2, -0.15) is 0 Å². The third-order valence-electron chi connectivity index (χ3n) is 3.67. The summed E-state index contributed by atoms with van der Waals surface area (Å²) >= 11 is 1.39. The van der Waals surface area contributed by atoms with E-state index in [4.69, 9.17) is 4.74 Å². The number of ether oxygens (including phenoxy) is 1. The van der Waals surface area contributed by atoms with E-state index in [0.29, 0.717) is 16.3 Å². The SMILES string of the molecule is CCc1sc(C(=O)O[C@H](C)C(=O)Nc2ccc(NC(C)=O)cc2)cc1C. The van der Waals surface area contributed by atoms with Crippen molar-refractivity contribution in [2.24, 2.45) is 0 Å². The second kappa shape index (κ2) is 8.62. The number of anilines is 2. The summed E-state index contributed by atoms with van der Waals surface area (Å²) in [6.07, 6.45) is -0.0705. The molecule has 26 heavy (non-hydrogen) atoms. The summed E-state index contributed by atoms with van der Waals surface area (Å²) in [5.41, 5.74) is 2.24. The normalized spacial score (nSPS) is 11.5. The van der Waals surface area contributed by atoms with Crippen LogP contribution in [-0.4, -0.2) is 23.9 Å². The first-order valence-electron chi connectivity index (χ1n) is 8.29. The Morgan fingerprint density at radius 3 is 2.19 bits per heavy atom. The van der Waals surface area contributed by atoms with Crippen molar-refractivity contribution in [3.63, 3.8) is 0 Å². The largest absolute Gasteiger partial charge is 0.448 e. The molecule has 7 heteroatoms. The van der Waals surface area contributed by atoms with E-state index in [2.05, 4.69) is 10.6 Å². The lowest BCUT2D eigenvalue weighted by Gasteiger charge is -2.13. The summed E-state index contributed by atoms with van der Waals surface area (Å²) < 4.78 is 5.26. The van der Waals surface area contributed by atoms with Gasteiger partial charge in [-0.1, -0.05) is 6.92 Å². The summed E-state index contributed by atoms with van der Waals surface area (Å²) in [6.45, 7) is 6.93. The number of rotatable bonds is 6. The van der Waals surface area contributed by atoms with E-state index < -0.39 is 18.0 Å². The fraction of sp³-hybridized carbons (Fsp3) is 0.316. The molecule has 0 aliphatic carbocycles. The first-order valence-corrected chi connectivity index (χ1v) is 9.10. The standard InChI is InChI=1S/C19H22N2O4S/c1-5-16-11(2)10-17(26-16)19(24)25-12(3)18(23)21-15-8-6-14(7-9-15)20-13(4)22/h6-10,12H,5H2,1-4H3,(H,20,22)(H,21,23)/t12-/m1/s1. The van der Waals surface area contributed by atoms with Crippen LogP contribution in [0.5, 0.6) is 0 Å². The maximum atomic E-state index is 12.2. The van der Waals surface area contributed by atoms with Gasteiger partial charge < -0.3 is 15.4 Å². The van der Waals surface area contributed by atoms with Crippen LogP contribution in [0.1, 0.15) is 40.9 Å². The smallest absolute Gasteiger partial charge is 0.349 e. The van der Waals surface area contributed by atoms with Gasteiger partial charge in [0.05, 0.1) is 0 Å². The Kier molecular flexibility index (Phi) is 6.52. The fourth-order valence-electron chi connectivity index (χ4n) is 2.33. The van der Waals surface area contributed by atoms with Gasteiger partial charge in [0.15, 0.2) is 6.10 Å². The number of carbonyl (C=O) groups excluding carboxylic acids is 3. The van der Waals surface area contributed by atoms with Crippen LogP contribution < -0.4 is 10.6 Å². The summed E-state index contributed by atoms with van der Waals surface area (Å²) in [6, 6.07) is 8.46. The molecule has 2 rings (SSSR count). The van der Waals surface area contributed by atoms with E-state index >= 15 is 0 Å². The molecule has 0 spiro atoms. The second-order valence-electron chi connectivity index (χ2n) is 5.87. The van der Waals surface area contributed by atoms with Gasteiger partial charge in [0, 0.05) is 23.2 Å². The van der Waals surface area contributed by atoms with Gasteiger partial charge >= 0.3 is 5.97 Å². The number of aryl methyl sites for hydroxylation is 2. The molecule has 0 unspecified atom stereocenters. The van der Waals surface area contributed by atoms with E-state index in [9.17, 15) is 14.4 Å². The van der Waals surface area contributed by atoms with E-state index in [1.54, 1.807) is 30.3 Å². The number of nitrogens with one attached hydrogen (secondary N) is 2. The van der Waals surface area contributed by atoms with Crippen LogP contribution >= 0.6 is 11.3 Å². The molecule has 0 aliphatic rings. The van der Waals surface area contributed by atoms with Gasteiger partial charge in [0.1, 0.15) is 4.88 Å². The Labute approximate surface area is 156 Å². The van der Waals surface area contributed by atoms with E-state index in [-0.39, 0.29) is 5.91 Å². The number of amides is 2. The Hall–Kier alpha value is -2.67. The van der Waals surface area contributed by atoms with E-state index in [0.717, 1.165) is 16.9 Å². The minimum absolute atomic E-state index is 0.169. The molecule has 6 nitrogen and oxygen atoms in total. The summed E-state index contributed by atoms with van der Waals surface area (Å²) in [4.78, 5) is 37.1. The Morgan fingerprint density at radius 1 is 1.12 bits per heavy atom. The van der Waals surface area contributed by atoms with Crippen molar-refractivity contribution < 1.29 is 19.1 Å². The minimum atomic E-state index is -0.926. The zero-order valence-electron chi connectivity index (χ0n) is 15.2. The maximum absolute atomic E-state index is 12.2. The van der Waals surface area contributed by atoms with Gasteiger partial charge in [-0.3, -0.25) is 9.59 Å². The van der Waals surface area contributed by atoms with Gasteiger partial charge in [-0.15, -0.1) is 11.3 Å². The lowest BCUT2D eigenvalue weighted by Crippen LogP contribution is -2.29. The lowest BCUT2D eigenvalue weighted by molar-refractivity contribution is -0.123. The third kappa shape index (κ3) is 5.16. The molecule has 1 aromatic heterocycles. The quantitative estimate of drug-likeness (QED) is 0.754. The molecule has 1 aromatic carbocycles. The first-order chi connectivity index (χ1) is 12.3. The zero-order valence-corrected chi connectivity index (χ0v) is 16.0. The highest BCUT2D eigenvalue weighted by Crippen LogP contribution is 2.23. The predicted molar refractivity (Wildman–Crippen MR) is 103 cm³/mol. The molecular weight excluding hydrogens is 352 g/mol. The maximum Gasteiger partial charge on any atom is 0.349 e. The van der Waals surface area contributed by atoms with Crippen LogP contribution in [0.4, 0.5) is 11.4 Å². The topological polar surface area (TPSA) is 84.5 Å². The average Bonchev–Trinajstić information content (AvgIpc) is 2.97. The van der Waals surface area contributed by atoms with Crippen molar-refractivity contribution in [2.75, 3.05) is 10.6 Å². The molecule has 0 saturated carbocycles. The number of hydrogen-bond donors (Lipinski definition) is 2. The first kappa shape index (κ1) is 19.7. The second-order valence-corrected chi connectivity index (χ2v) is 7.00. The number of esters is 1. The number of thiophene rings is 1. The van der Waals surface area contributed by atoms with Crippen LogP contribution in [0, 0.1) is 6.92 Å². The lowest BCUT2D eigenvalue weighted by atomic mass is 10.2. The average molecular weight is 374 g/mol. The highest BCUT2D eigenvalue weighted by atomic mass is 32.1. The van der Waals surface area contributed by atoms with Gasteiger partial charge in [0.2, 0.25) is 5.91 Å². The molecule has 0 bridgehead atoms. The van der Waals surface area contributed by atoms with E-state index in [1.165, 1.54) is 25.2 Å². The van der Waals surface area contributed by atoms with E-state index in [1.807, 2.05) is 13.8 Å². The fourth-order valence-corrected chi connectivity index (χ4v) is 3.32. The highest BCUT2D eigenvalue weighted by Gasteiger charge is 2.21. The van der Waals surface area contributed by atoms with Crippen LogP contribution in [0.3, 0.4) is 0 Å². The van der Waals surface area contributed by atoms with Crippen LogP contribution in [-0.2, 0) is 20.7 Å². The molecular formula is C19H22N2O4S. The van der Waals surface area contributed by atoms with Crippen molar-refractivity contribution in [3.8, 4) is 0 Å².